The average molecular weight is 181 g/mol. The van der Waals surface area contributed by atoms with Crippen molar-refractivity contribution in [3.05, 3.63) is 23.5 Å². The van der Waals surface area contributed by atoms with Crippen molar-refractivity contribution < 1.29 is 0 Å². The molecule has 1 nitrogen and oxygen atoms in total. The van der Waals surface area contributed by atoms with E-state index in [1.807, 2.05) is 0 Å². The normalized spacial score (nSPS) is 32.8. The molecule has 2 heteroatoms. The van der Waals surface area contributed by atoms with Crippen LogP contribution in [-0.2, 0) is 0 Å². The van der Waals surface area contributed by atoms with Gasteiger partial charge in [0.25, 0.3) is 0 Å². The van der Waals surface area contributed by atoms with E-state index in [9.17, 15) is 0 Å². The topological polar surface area (TPSA) is 3.24 Å². The maximum Gasteiger partial charge on any atom is 0.0487 e. The van der Waals surface area contributed by atoms with E-state index in [1.165, 1.54) is 31.5 Å². The number of nitrogens with zero attached hydrogens (tertiary/aromatic N) is 1. The maximum absolute atomic E-state index is 2.61. The second-order valence-corrected chi connectivity index (χ2v) is 4.82. The predicted octanol–water partition coefficient (Wildman–Crippen LogP) is 2.56. The number of rotatable bonds is 1. The zero-order valence-electron chi connectivity index (χ0n) is 7.59. The first-order valence-electron chi connectivity index (χ1n) is 4.71. The smallest absolute Gasteiger partial charge is 0.0487 e. The van der Waals surface area contributed by atoms with Crippen LogP contribution in [0.2, 0.25) is 0 Å². The molecule has 0 aromatic carbocycles. The largest absolute Gasteiger partial charge is 0.293 e. The summed E-state index contributed by atoms with van der Waals surface area (Å²) in [6, 6.07) is 0. The van der Waals surface area contributed by atoms with Crippen LogP contribution in [0, 0.1) is 0 Å². The molecule has 1 saturated heterocycles. The second kappa shape index (κ2) is 3.72. The van der Waals surface area contributed by atoms with E-state index < -0.39 is 0 Å². The molecule has 0 amide bonds. The molecular formula is C10H16NP. The second-order valence-electron chi connectivity index (χ2n) is 3.60. The highest BCUT2D eigenvalue weighted by atomic mass is 31.1. The van der Waals surface area contributed by atoms with Gasteiger partial charge in [0.05, 0.1) is 0 Å². The Hall–Kier alpha value is -0.130. The third kappa shape index (κ3) is 1.78. The number of likely N-dealkylation sites (tertiary alicyclic amines) is 1. The van der Waals surface area contributed by atoms with Crippen molar-refractivity contribution in [1.82, 2.24) is 4.90 Å². The third-order valence-electron chi connectivity index (χ3n) is 2.56. The van der Waals surface area contributed by atoms with Gasteiger partial charge in [0, 0.05) is 5.78 Å². The summed E-state index contributed by atoms with van der Waals surface area (Å²) < 4.78 is 0. The lowest BCUT2D eigenvalue weighted by Crippen LogP contribution is -2.27. The molecule has 0 spiro atoms. The quantitative estimate of drug-likeness (QED) is 0.562. The molecule has 1 fully saturated rings. The van der Waals surface area contributed by atoms with Gasteiger partial charge >= 0.3 is 0 Å². The monoisotopic (exact) mass is 181 g/mol. The van der Waals surface area contributed by atoms with E-state index in [0.29, 0.717) is 0 Å². The molecule has 2 atom stereocenters. The molecule has 2 heterocycles. The molecule has 0 aromatic heterocycles. The van der Waals surface area contributed by atoms with Crippen molar-refractivity contribution in [2.45, 2.75) is 25.5 Å². The maximum atomic E-state index is 2.61. The molecule has 12 heavy (non-hydrogen) atoms. The fourth-order valence-electron chi connectivity index (χ4n) is 1.81. The number of allylic oxidation sites excluding steroid dienone is 2. The molecule has 0 aromatic rings. The van der Waals surface area contributed by atoms with Crippen LogP contribution in [-0.4, -0.2) is 23.8 Å². The Morgan fingerprint density at radius 3 is 2.75 bits per heavy atom. The lowest BCUT2D eigenvalue weighted by Gasteiger charge is -2.25. The fraction of sp³-hybridized carbons (Fsp3) is 0.600. The Kier molecular flexibility index (Phi) is 2.63. The summed E-state index contributed by atoms with van der Waals surface area (Å²) in [6.45, 7) is 4.81. The number of hydrogen-bond acceptors (Lipinski definition) is 1. The standard InChI is InChI=1S/C10H16NP/c1-9-4-5-10(12-8-9)11-6-2-3-7-11/h4-5,8,10,12H,2-3,6-7H2,1H3. The fourth-order valence-corrected chi connectivity index (χ4v) is 3.02. The van der Waals surface area contributed by atoms with Crippen LogP contribution in [0.15, 0.2) is 23.5 Å². The van der Waals surface area contributed by atoms with E-state index in [2.05, 4.69) is 29.8 Å². The van der Waals surface area contributed by atoms with Gasteiger partial charge in [0.15, 0.2) is 0 Å². The van der Waals surface area contributed by atoms with Crippen molar-refractivity contribution in [3.63, 3.8) is 0 Å². The van der Waals surface area contributed by atoms with Crippen LogP contribution in [0.5, 0.6) is 0 Å². The Bertz CT molecular complexity index is 214. The van der Waals surface area contributed by atoms with Gasteiger partial charge in [0.2, 0.25) is 0 Å². The predicted molar refractivity (Wildman–Crippen MR) is 55.8 cm³/mol. The summed E-state index contributed by atoms with van der Waals surface area (Å²) in [5.41, 5.74) is 1.43. The Balaban J connectivity index is 1.94. The molecule has 0 N–H and O–H groups in total. The minimum atomic E-state index is 0.733. The summed E-state index contributed by atoms with van der Waals surface area (Å²) >= 11 is 0. The lowest BCUT2D eigenvalue weighted by atomic mass is 10.3. The van der Waals surface area contributed by atoms with Crippen LogP contribution in [0.3, 0.4) is 0 Å². The van der Waals surface area contributed by atoms with E-state index in [4.69, 9.17) is 0 Å². The summed E-state index contributed by atoms with van der Waals surface area (Å²) in [6.07, 6.45) is 7.44. The Labute approximate surface area is 76.3 Å². The zero-order chi connectivity index (χ0) is 8.39. The van der Waals surface area contributed by atoms with Crippen LogP contribution >= 0.6 is 8.58 Å². The molecule has 2 aliphatic heterocycles. The van der Waals surface area contributed by atoms with Crippen LogP contribution in [0.4, 0.5) is 0 Å². The molecule has 0 radical (unpaired) electrons. The minimum absolute atomic E-state index is 0.733. The van der Waals surface area contributed by atoms with Crippen molar-refractivity contribution in [1.29, 1.82) is 0 Å². The van der Waals surface area contributed by atoms with E-state index >= 15 is 0 Å². The molecule has 0 saturated carbocycles. The third-order valence-corrected chi connectivity index (χ3v) is 4.08. The van der Waals surface area contributed by atoms with Gasteiger partial charge in [-0.15, -0.1) is 0 Å². The van der Waals surface area contributed by atoms with E-state index in [-0.39, 0.29) is 0 Å². The van der Waals surface area contributed by atoms with Gasteiger partial charge in [-0.05, 0) is 32.9 Å². The highest BCUT2D eigenvalue weighted by Crippen LogP contribution is 2.32. The van der Waals surface area contributed by atoms with Crippen LogP contribution in [0.1, 0.15) is 19.8 Å². The van der Waals surface area contributed by atoms with Crippen molar-refractivity contribution >= 4 is 8.58 Å². The Morgan fingerprint density at radius 2 is 2.17 bits per heavy atom. The van der Waals surface area contributed by atoms with E-state index in [0.717, 1.165) is 14.4 Å². The SMILES string of the molecule is CC1=CPC(N2CCCC2)C=C1. The zero-order valence-corrected chi connectivity index (χ0v) is 8.59. The summed E-state index contributed by atoms with van der Waals surface area (Å²) in [5.74, 6) is 3.11. The summed E-state index contributed by atoms with van der Waals surface area (Å²) in [4.78, 5) is 2.61. The van der Waals surface area contributed by atoms with Gasteiger partial charge in [0.1, 0.15) is 0 Å². The van der Waals surface area contributed by atoms with Crippen LogP contribution < -0.4 is 0 Å². The van der Waals surface area contributed by atoms with Crippen LogP contribution in [0.25, 0.3) is 0 Å². The van der Waals surface area contributed by atoms with Gasteiger partial charge in [-0.1, -0.05) is 32.1 Å². The molecule has 2 rings (SSSR count). The van der Waals surface area contributed by atoms with Crippen molar-refractivity contribution in [3.8, 4) is 0 Å². The Morgan fingerprint density at radius 1 is 1.42 bits per heavy atom. The lowest BCUT2D eigenvalue weighted by molar-refractivity contribution is 0.350. The van der Waals surface area contributed by atoms with Gasteiger partial charge in [-0.3, -0.25) is 4.90 Å². The van der Waals surface area contributed by atoms with Gasteiger partial charge in [-0.25, -0.2) is 0 Å². The minimum Gasteiger partial charge on any atom is -0.293 e. The average Bonchev–Trinajstić information content (AvgIpc) is 2.58. The number of hydrogen-bond donors (Lipinski definition) is 0. The first-order valence-corrected chi connectivity index (χ1v) is 5.87. The summed E-state index contributed by atoms with van der Waals surface area (Å²) in [7, 11) is 0.984. The molecule has 66 valence electrons. The highest BCUT2D eigenvalue weighted by molar-refractivity contribution is 7.42. The van der Waals surface area contributed by atoms with E-state index in [1.54, 1.807) is 0 Å². The van der Waals surface area contributed by atoms with Gasteiger partial charge in [-0.2, -0.15) is 0 Å². The molecule has 0 aliphatic carbocycles. The molecular weight excluding hydrogens is 165 g/mol. The molecule has 0 bridgehead atoms. The van der Waals surface area contributed by atoms with Gasteiger partial charge < -0.3 is 0 Å². The highest BCUT2D eigenvalue weighted by Gasteiger charge is 2.19. The first-order chi connectivity index (χ1) is 5.86. The van der Waals surface area contributed by atoms with Crippen molar-refractivity contribution in [2.24, 2.45) is 0 Å². The van der Waals surface area contributed by atoms with Crippen molar-refractivity contribution in [2.75, 3.05) is 13.1 Å². The first kappa shape index (κ1) is 8.47. The molecule has 2 unspecified atom stereocenters. The molecule has 2 aliphatic rings. The summed E-state index contributed by atoms with van der Waals surface area (Å²) in [5, 5.41) is 0.